The second kappa shape index (κ2) is 26.0. The van der Waals surface area contributed by atoms with Crippen molar-refractivity contribution in [3.63, 3.8) is 0 Å². The van der Waals surface area contributed by atoms with Crippen LogP contribution in [0.2, 0.25) is 0 Å². The van der Waals surface area contributed by atoms with Crippen LogP contribution in [0.1, 0.15) is 0 Å². The van der Waals surface area contributed by atoms with Gasteiger partial charge in [0, 0.05) is 6.54 Å². The van der Waals surface area contributed by atoms with Gasteiger partial charge in [-0.25, -0.2) is 0 Å². The zero-order valence-corrected chi connectivity index (χ0v) is 40.4. The molecule has 77 heavy (non-hydrogen) atoms. The molecule has 0 amide bonds. The number of ether oxygens (including phenoxy) is 14. The van der Waals surface area contributed by atoms with Gasteiger partial charge < -0.3 is 174 Å². The molecule has 22 N–H and O–H groups in total. The maximum Gasteiger partial charge on any atom is 0.187 e. The molecular formula is C42H71NO34. The maximum absolute atomic E-state index is 11.4. The first kappa shape index (κ1) is 61.7. The third kappa shape index (κ3) is 12.1. The number of hydrogen-bond acceptors (Lipinski definition) is 35. The average Bonchev–Trinajstić information content (AvgIpc) is 3.45. The van der Waals surface area contributed by atoms with E-state index in [4.69, 9.17) is 72.0 Å². The van der Waals surface area contributed by atoms with Crippen LogP contribution in [-0.4, -0.2) is 363 Å². The Morgan fingerprint density at radius 2 is 0.325 bits per heavy atom. The van der Waals surface area contributed by atoms with Crippen molar-refractivity contribution < 1.29 is 168 Å². The Bertz CT molecular complexity index is 1470. The summed E-state index contributed by atoms with van der Waals surface area (Å²) < 4.78 is 79.9. The van der Waals surface area contributed by atoms with Gasteiger partial charge in [-0.15, -0.1) is 0 Å². The average molecular weight is 1130 g/mol. The van der Waals surface area contributed by atoms with Crippen LogP contribution in [0.25, 0.3) is 0 Å². The van der Waals surface area contributed by atoms with Gasteiger partial charge in [0.05, 0.1) is 39.6 Å². The standard InChI is InChI=1S/C42H71NO34/c43-1-8-29-15(50)22(57)36(64-8)72-30-9(2-44)66-38(24(59)17(30)52)74-32-11(4-46)68-40(26(61)19(32)54)76-34-13(6-48)70-42(28(63)21(34)56)77-35-14(7-49)69-41(27(62)20(35)55)75-33-12(5-47)67-39(25(60)18(33)53)73-31-10(3-45)65-37(71-29)23(58)16(31)51/h8-42,44-63H,1-7,43H2/t8-,9-,10-,11-,12-,13-,14-,15-,16-,17-,18-,19-,20-,21-,22-,23-,24-,25-,26-,27-,28-,29-,30-,31-,32-,33-,34-,35-,36?,37-,38-,39-,40-,41-,42-/m1/s1. The fraction of sp³-hybridized carbons (Fsp3) is 1.00. The molecule has 0 aromatic heterocycles. The molecule has 1 unspecified atom stereocenters. The van der Waals surface area contributed by atoms with Crippen LogP contribution in [0.5, 0.6) is 0 Å². The van der Waals surface area contributed by atoms with Crippen molar-refractivity contribution in [1.29, 1.82) is 0 Å². The lowest BCUT2D eigenvalue weighted by Crippen LogP contribution is -2.68. The first-order chi connectivity index (χ1) is 36.7. The largest absolute Gasteiger partial charge is 0.394 e. The van der Waals surface area contributed by atoms with Crippen LogP contribution in [-0.2, 0) is 66.3 Å². The van der Waals surface area contributed by atoms with Crippen LogP contribution in [0.3, 0.4) is 0 Å². The minimum Gasteiger partial charge on any atom is -0.394 e. The molecule has 35 heteroatoms. The topological polar surface area (TPSA) is 560 Å². The van der Waals surface area contributed by atoms with E-state index >= 15 is 0 Å². The van der Waals surface area contributed by atoms with Crippen LogP contribution in [0, 0.1) is 0 Å². The van der Waals surface area contributed by atoms with Gasteiger partial charge in [0.1, 0.15) is 171 Å². The molecule has 21 fully saturated rings. The van der Waals surface area contributed by atoms with Gasteiger partial charge >= 0.3 is 0 Å². The van der Waals surface area contributed by atoms with Crippen LogP contribution < -0.4 is 5.73 Å². The normalized spacial score (nSPS) is 55.4. The summed E-state index contributed by atoms with van der Waals surface area (Å²) in [4.78, 5) is 0. The molecule has 448 valence electrons. The van der Waals surface area contributed by atoms with E-state index in [-0.39, 0.29) is 0 Å². The molecule has 21 aliphatic rings. The van der Waals surface area contributed by atoms with Crippen molar-refractivity contribution in [2.24, 2.45) is 5.73 Å². The van der Waals surface area contributed by atoms with E-state index in [1.165, 1.54) is 0 Å². The van der Waals surface area contributed by atoms with Gasteiger partial charge in [0.25, 0.3) is 0 Å². The number of aliphatic hydroxyl groups excluding tert-OH is 20. The van der Waals surface area contributed by atoms with Crippen molar-refractivity contribution in [3.05, 3.63) is 0 Å². The predicted molar refractivity (Wildman–Crippen MR) is 230 cm³/mol. The molecule has 21 aliphatic heterocycles. The Balaban J connectivity index is 1.08. The molecule has 0 aromatic rings. The highest BCUT2D eigenvalue weighted by Gasteiger charge is 2.59. The van der Waals surface area contributed by atoms with Gasteiger partial charge in [-0.3, -0.25) is 0 Å². The summed E-state index contributed by atoms with van der Waals surface area (Å²) in [5.41, 5.74) is 5.94. The summed E-state index contributed by atoms with van der Waals surface area (Å²) in [7, 11) is 0. The second-order valence-corrected chi connectivity index (χ2v) is 19.7. The lowest BCUT2D eigenvalue weighted by atomic mass is 9.95. The highest BCUT2D eigenvalue weighted by atomic mass is 16.8. The van der Waals surface area contributed by atoms with Gasteiger partial charge in [0.15, 0.2) is 44.0 Å². The number of hydrogen-bond donors (Lipinski definition) is 21. The summed E-state index contributed by atoms with van der Waals surface area (Å²) in [6.07, 6.45) is -69.2. The minimum atomic E-state index is -2.20. The molecule has 21 rings (SSSR count). The Kier molecular flexibility index (Phi) is 20.8. The lowest BCUT2D eigenvalue weighted by Gasteiger charge is -2.50. The molecular weight excluding hydrogens is 1060 g/mol. The predicted octanol–water partition coefficient (Wildman–Crippen LogP) is -15.3. The summed E-state index contributed by atoms with van der Waals surface area (Å²) in [6.45, 7) is -6.75. The van der Waals surface area contributed by atoms with Gasteiger partial charge in [-0.05, 0) is 0 Å². The van der Waals surface area contributed by atoms with E-state index in [2.05, 4.69) is 0 Å². The van der Waals surface area contributed by atoms with Crippen LogP contribution >= 0.6 is 0 Å². The van der Waals surface area contributed by atoms with E-state index in [0.29, 0.717) is 0 Å². The molecule has 14 bridgehead atoms. The van der Waals surface area contributed by atoms with E-state index in [9.17, 15) is 102 Å². The number of aliphatic hydroxyl groups is 20. The first-order valence-electron chi connectivity index (χ1n) is 24.7. The molecule has 0 spiro atoms. The maximum atomic E-state index is 11.4. The van der Waals surface area contributed by atoms with Crippen molar-refractivity contribution in [2.45, 2.75) is 215 Å². The van der Waals surface area contributed by atoms with Gasteiger partial charge in [-0.1, -0.05) is 0 Å². The smallest absolute Gasteiger partial charge is 0.187 e. The first-order valence-corrected chi connectivity index (χ1v) is 24.7. The van der Waals surface area contributed by atoms with E-state index in [1.807, 2.05) is 0 Å². The Morgan fingerprint density at radius 1 is 0.195 bits per heavy atom. The quantitative estimate of drug-likeness (QED) is 0.113. The highest BCUT2D eigenvalue weighted by Crippen LogP contribution is 2.39. The zero-order chi connectivity index (χ0) is 56.1. The monoisotopic (exact) mass is 1130 g/mol. The van der Waals surface area contributed by atoms with E-state index in [1.54, 1.807) is 0 Å². The second-order valence-electron chi connectivity index (χ2n) is 19.7. The van der Waals surface area contributed by atoms with Crippen molar-refractivity contribution in [1.82, 2.24) is 0 Å². The summed E-state index contributed by atoms with van der Waals surface area (Å²) in [5, 5.41) is 220. The minimum absolute atomic E-state index is 0.547. The number of nitrogens with two attached hydrogens (primary N) is 1. The Morgan fingerprint density at radius 3 is 0.455 bits per heavy atom. The molecule has 35 nitrogen and oxygen atoms in total. The molecule has 35 atom stereocenters. The number of rotatable bonds is 7. The van der Waals surface area contributed by atoms with Crippen molar-refractivity contribution in [3.8, 4) is 0 Å². The Labute approximate surface area is 434 Å². The van der Waals surface area contributed by atoms with Gasteiger partial charge in [-0.2, -0.15) is 0 Å². The van der Waals surface area contributed by atoms with Gasteiger partial charge in [0.2, 0.25) is 0 Å². The third-order valence-corrected chi connectivity index (χ3v) is 14.8. The highest BCUT2D eigenvalue weighted by molar-refractivity contribution is 5.02. The van der Waals surface area contributed by atoms with E-state index in [0.717, 1.165) is 0 Å². The van der Waals surface area contributed by atoms with Crippen molar-refractivity contribution >= 4 is 0 Å². The van der Waals surface area contributed by atoms with E-state index < -0.39 is 261 Å². The van der Waals surface area contributed by atoms with Crippen LogP contribution in [0.4, 0.5) is 0 Å². The molecule has 0 aromatic carbocycles. The summed E-state index contributed by atoms with van der Waals surface area (Å²) >= 11 is 0. The molecule has 0 saturated carbocycles. The molecule has 0 radical (unpaired) electrons. The van der Waals surface area contributed by atoms with Crippen LogP contribution in [0.15, 0.2) is 0 Å². The third-order valence-electron chi connectivity index (χ3n) is 14.8. The molecule has 21 saturated heterocycles. The molecule has 0 aliphatic carbocycles. The summed E-state index contributed by atoms with van der Waals surface area (Å²) in [6, 6.07) is 0. The fourth-order valence-corrected chi connectivity index (χ4v) is 10.5. The fourth-order valence-electron chi connectivity index (χ4n) is 10.5. The zero-order valence-electron chi connectivity index (χ0n) is 40.4. The molecule has 21 heterocycles. The Hall–Kier alpha value is -1.40. The van der Waals surface area contributed by atoms with Crippen molar-refractivity contribution in [2.75, 3.05) is 46.2 Å². The SMILES string of the molecule is NC[C@H]1OC2O[C@H]3[C@H](O)[C@@H](O)[C@@H](O[C@H]4[C@H](O)[C@@H](O)[C@@H](O[C@H]5[C@H](O)[C@@H](O)[C@@H](O[C@H]6[C@H](O)[C@@H](O)[C@@H](O[C@H]7[C@H](O)[C@@H](O)[C@@H](O[C@H]8[C@H](O)[C@@H](O)[C@@H](O[C@H]1[C@H](O)[C@H]2O)O[C@@H]8CO)O[C@@H]7CO)O[C@@H]6CO)O[C@@H]5CO)O[C@@H]4CO)O[C@@H]3CO. The lowest BCUT2D eigenvalue weighted by molar-refractivity contribution is -0.396. The summed E-state index contributed by atoms with van der Waals surface area (Å²) in [5.74, 6) is 0.